The predicted molar refractivity (Wildman–Crippen MR) is 79.1 cm³/mol. The van der Waals surface area contributed by atoms with Crippen molar-refractivity contribution in [3.63, 3.8) is 0 Å². The van der Waals surface area contributed by atoms with Crippen LogP contribution in [0, 0.1) is 12.3 Å². The summed E-state index contributed by atoms with van der Waals surface area (Å²) >= 11 is 0. The molecule has 1 N–H and O–H groups in total. The van der Waals surface area contributed by atoms with E-state index in [1.807, 2.05) is 49.2 Å². The van der Waals surface area contributed by atoms with Crippen LogP contribution in [0.5, 0.6) is 0 Å². The number of hydrogen-bond donors (Lipinski definition) is 1. The molecule has 1 unspecified atom stereocenters. The number of hydrogen-bond acceptors (Lipinski definition) is 3. The van der Waals surface area contributed by atoms with Crippen LogP contribution in [-0.4, -0.2) is 30.9 Å². The molecule has 4 nitrogen and oxygen atoms in total. The van der Waals surface area contributed by atoms with Crippen LogP contribution in [0.1, 0.15) is 18.7 Å². The average molecular weight is 270 g/mol. The molecule has 0 saturated heterocycles. The molecule has 2 rings (SSSR count). The van der Waals surface area contributed by atoms with E-state index in [-0.39, 0.29) is 25.0 Å². The summed E-state index contributed by atoms with van der Waals surface area (Å²) in [5.41, 5.74) is 0.861. The molecule has 1 aromatic heterocycles. The molecule has 0 aliphatic rings. The molecular formula is C16H18N2O2. The van der Waals surface area contributed by atoms with Crippen molar-refractivity contribution in [1.82, 2.24) is 10.2 Å². The number of rotatable bonds is 5. The largest absolute Gasteiger partial charge is 0.459 e. The lowest BCUT2D eigenvalue weighted by atomic mass is 10.2. The first-order chi connectivity index (χ1) is 9.61. The minimum absolute atomic E-state index is 0.0129. The van der Waals surface area contributed by atoms with Crippen molar-refractivity contribution in [1.29, 1.82) is 0 Å². The van der Waals surface area contributed by atoms with Gasteiger partial charge in [0, 0.05) is 5.39 Å². The first-order valence-electron chi connectivity index (χ1n) is 6.50. The van der Waals surface area contributed by atoms with Crippen molar-refractivity contribution in [2.24, 2.45) is 0 Å². The smallest absolute Gasteiger partial charge is 0.234 e. The predicted octanol–water partition coefficient (Wildman–Crippen LogP) is 2.17. The third-order valence-electron chi connectivity index (χ3n) is 3.30. The number of carbonyl (C=O) groups excluding carboxylic acids is 1. The van der Waals surface area contributed by atoms with Gasteiger partial charge in [-0.3, -0.25) is 9.69 Å². The van der Waals surface area contributed by atoms with Gasteiger partial charge in [-0.05, 0) is 26.1 Å². The number of likely N-dealkylation sites (N-methyl/N-ethyl adjacent to an activating group) is 1. The third kappa shape index (κ3) is 3.19. The number of terminal acetylenes is 1. The number of para-hydroxylation sites is 1. The summed E-state index contributed by atoms with van der Waals surface area (Å²) < 4.78 is 5.81. The molecule has 0 fully saturated rings. The number of carbonyl (C=O) groups is 1. The molecule has 2 aromatic rings. The zero-order valence-electron chi connectivity index (χ0n) is 11.7. The van der Waals surface area contributed by atoms with Gasteiger partial charge in [0.1, 0.15) is 11.3 Å². The van der Waals surface area contributed by atoms with Crippen LogP contribution in [-0.2, 0) is 4.79 Å². The Balaban J connectivity index is 2.04. The zero-order chi connectivity index (χ0) is 14.5. The van der Waals surface area contributed by atoms with Gasteiger partial charge in [0.25, 0.3) is 0 Å². The Morgan fingerprint density at radius 1 is 1.50 bits per heavy atom. The van der Waals surface area contributed by atoms with Crippen LogP contribution >= 0.6 is 0 Å². The topological polar surface area (TPSA) is 45.5 Å². The summed E-state index contributed by atoms with van der Waals surface area (Å²) in [5.74, 6) is 3.14. The van der Waals surface area contributed by atoms with Gasteiger partial charge in [-0.25, -0.2) is 0 Å². The zero-order valence-corrected chi connectivity index (χ0v) is 11.7. The van der Waals surface area contributed by atoms with Crippen LogP contribution in [0.15, 0.2) is 34.7 Å². The van der Waals surface area contributed by atoms with E-state index in [0.29, 0.717) is 0 Å². The fraction of sp³-hybridized carbons (Fsp3) is 0.312. The lowest BCUT2D eigenvalue weighted by Gasteiger charge is -2.21. The van der Waals surface area contributed by atoms with Gasteiger partial charge >= 0.3 is 0 Å². The van der Waals surface area contributed by atoms with Crippen LogP contribution in [0.25, 0.3) is 11.0 Å². The second kappa shape index (κ2) is 6.27. The monoisotopic (exact) mass is 270 g/mol. The summed E-state index contributed by atoms with van der Waals surface area (Å²) in [6.45, 7) is 2.54. The van der Waals surface area contributed by atoms with E-state index >= 15 is 0 Å². The van der Waals surface area contributed by atoms with Crippen LogP contribution < -0.4 is 5.32 Å². The van der Waals surface area contributed by atoms with Crippen molar-refractivity contribution in [2.75, 3.05) is 20.1 Å². The number of nitrogens with zero attached hydrogens (tertiary/aromatic N) is 1. The van der Waals surface area contributed by atoms with Crippen molar-refractivity contribution in [3.8, 4) is 12.3 Å². The Bertz CT molecular complexity index is 606. The number of furan rings is 1. The Labute approximate surface area is 118 Å². The summed E-state index contributed by atoms with van der Waals surface area (Å²) in [6, 6.07) is 9.88. The summed E-state index contributed by atoms with van der Waals surface area (Å²) in [6.07, 6.45) is 5.11. The molecule has 1 amide bonds. The van der Waals surface area contributed by atoms with Crippen molar-refractivity contribution in [3.05, 3.63) is 36.1 Å². The number of amides is 1. The van der Waals surface area contributed by atoms with Crippen molar-refractivity contribution in [2.45, 2.75) is 13.0 Å². The number of nitrogens with one attached hydrogen (secondary N) is 1. The molecule has 20 heavy (non-hydrogen) atoms. The first-order valence-corrected chi connectivity index (χ1v) is 6.50. The van der Waals surface area contributed by atoms with Gasteiger partial charge in [0.05, 0.1) is 19.1 Å². The normalized spacial score (nSPS) is 12.3. The molecule has 0 spiro atoms. The highest BCUT2D eigenvalue weighted by Gasteiger charge is 2.18. The van der Waals surface area contributed by atoms with E-state index in [4.69, 9.17) is 10.8 Å². The molecule has 0 aliphatic carbocycles. The maximum Gasteiger partial charge on any atom is 0.234 e. The molecule has 0 saturated carbocycles. The number of benzene rings is 1. The molecular weight excluding hydrogens is 252 g/mol. The van der Waals surface area contributed by atoms with E-state index in [1.165, 1.54) is 0 Å². The van der Waals surface area contributed by atoms with Crippen LogP contribution in [0.2, 0.25) is 0 Å². The molecule has 0 radical (unpaired) electrons. The van der Waals surface area contributed by atoms with Crippen LogP contribution in [0.3, 0.4) is 0 Å². The van der Waals surface area contributed by atoms with E-state index in [9.17, 15) is 4.79 Å². The molecule has 4 heteroatoms. The molecule has 1 heterocycles. The van der Waals surface area contributed by atoms with E-state index in [1.54, 1.807) is 0 Å². The maximum atomic E-state index is 11.6. The standard InChI is InChI=1S/C16H18N2O2/c1-4-9-17-16(19)11-18(3)12(2)15-10-13-7-5-6-8-14(13)20-15/h1,5-8,10,12H,9,11H2,2-3H3,(H,17,19). The summed E-state index contributed by atoms with van der Waals surface area (Å²) in [7, 11) is 1.88. The van der Waals surface area contributed by atoms with Gasteiger partial charge in [-0.1, -0.05) is 24.1 Å². The average Bonchev–Trinajstić information content (AvgIpc) is 2.87. The van der Waals surface area contributed by atoms with Crippen molar-refractivity contribution >= 4 is 16.9 Å². The lowest BCUT2D eigenvalue weighted by Crippen LogP contribution is -2.36. The fourth-order valence-electron chi connectivity index (χ4n) is 1.99. The fourth-order valence-corrected chi connectivity index (χ4v) is 1.99. The van der Waals surface area contributed by atoms with E-state index < -0.39 is 0 Å². The van der Waals surface area contributed by atoms with E-state index in [0.717, 1.165) is 16.7 Å². The van der Waals surface area contributed by atoms with Crippen LogP contribution in [0.4, 0.5) is 0 Å². The first kappa shape index (κ1) is 14.2. The molecule has 1 atom stereocenters. The maximum absolute atomic E-state index is 11.6. The highest BCUT2D eigenvalue weighted by molar-refractivity contribution is 5.79. The second-order valence-electron chi connectivity index (χ2n) is 4.76. The molecule has 0 aliphatic heterocycles. The Kier molecular flexibility index (Phi) is 4.44. The van der Waals surface area contributed by atoms with Gasteiger partial charge in [0.15, 0.2) is 0 Å². The highest BCUT2D eigenvalue weighted by atomic mass is 16.3. The third-order valence-corrected chi connectivity index (χ3v) is 3.30. The molecule has 1 aromatic carbocycles. The number of fused-ring (bicyclic) bond motifs is 1. The van der Waals surface area contributed by atoms with E-state index in [2.05, 4.69) is 11.2 Å². The van der Waals surface area contributed by atoms with Gasteiger partial charge < -0.3 is 9.73 Å². The minimum atomic E-state index is -0.0894. The van der Waals surface area contributed by atoms with Gasteiger partial charge in [-0.15, -0.1) is 6.42 Å². The second-order valence-corrected chi connectivity index (χ2v) is 4.76. The van der Waals surface area contributed by atoms with Gasteiger partial charge in [-0.2, -0.15) is 0 Å². The molecule has 0 bridgehead atoms. The van der Waals surface area contributed by atoms with Crippen molar-refractivity contribution < 1.29 is 9.21 Å². The summed E-state index contributed by atoms with van der Waals surface area (Å²) in [4.78, 5) is 13.6. The highest BCUT2D eigenvalue weighted by Crippen LogP contribution is 2.26. The minimum Gasteiger partial charge on any atom is -0.459 e. The Hall–Kier alpha value is -2.25. The summed E-state index contributed by atoms with van der Waals surface area (Å²) in [5, 5.41) is 3.72. The quantitative estimate of drug-likeness (QED) is 0.847. The SMILES string of the molecule is C#CCNC(=O)CN(C)C(C)c1cc2ccccc2o1. The molecule has 104 valence electrons. The lowest BCUT2D eigenvalue weighted by molar-refractivity contribution is -0.122. The Morgan fingerprint density at radius 3 is 2.95 bits per heavy atom. The van der Waals surface area contributed by atoms with Gasteiger partial charge in [0.2, 0.25) is 5.91 Å². The Morgan fingerprint density at radius 2 is 2.25 bits per heavy atom.